The summed E-state index contributed by atoms with van der Waals surface area (Å²) >= 11 is 6.01. The van der Waals surface area contributed by atoms with E-state index in [9.17, 15) is 4.79 Å². The molecule has 4 nitrogen and oxygen atoms in total. The number of hydrogen-bond acceptors (Lipinski definition) is 3. The van der Waals surface area contributed by atoms with Crippen molar-refractivity contribution in [1.82, 2.24) is 4.57 Å². The van der Waals surface area contributed by atoms with Gasteiger partial charge < -0.3 is 10.3 Å². The molecule has 0 aliphatic carbocycles. The number of hydrogen-bond donors (Lipinski definition) is 1. The third kappa shape index (κ3) is 3.17. The second kappa shape index (κ2) is 7.10. The van der Waals surface area contributed by atoms with E-state index in [0.29, 0.717) is 23.4 Å². The van der Waals surface area contributed by atoms with Gasteiger partial charge in [-0.2, -0.15) is 5.26 Å². The fraction of sp³-hybridized carbons (Fsp3) is 0.200. The lowest BCUT2D eigenvalue weighted by Gasteiger charge is -2.09. The number of nitriles is 1. The predicted molar refractivity (Wildman–Crippen MR) is 100 cm³/mol. The minimum atomic E-state index is -0.0833. The molecule has 126 valence electrons. The van der Waals surface area contributed by atoms with E-state index in [4.69, 9.17) is 22.6 Å². The first kappa shape index (κ1) is 17.2. The standard InChI is InChI=1S/C20H18ClN3O/c1-13-20(19(25)12-23)17-9-4-14(3-2-10-22)11-18(17)24(13)16-7-5-15(21)6-8-16/h4-9,11H,2-3,12,23H2,1H3. The van der Waals surface area contributed by atoms with Crippen LogP contribution in [0.15, 0.2) is 42.5 Å². The van der Waals surface area contributed by atoms with Crippen LogP contribution < -0.4 is 5.73 Å². The Morgan fingerprint density at radius 3 is 2.60 bits per heavy atom. The Morgan fingerprint density at radius 1 is 1.24 bits per heavy atom. The number of aromatic nitrogens is 1. The molecule has 1 aromatic heterocycles. The molecule has 5 heteroatoms. The van der Waals surface area contributed by atoms with Crippen molar-refractivity contribution in [2.75, 3.05) is 6.54 Å². The van der Waals surface area contributed by atoms with Gasteiger partial charge in [0.15, 0.2) is 5.78 Å². The average molecular weight is 352 g/mol. The summed E-state index contributed by atoms with van der Waals surface area (Å²) in [4.78, 5) is 12.4. The van der Waals surface area contributed by atoms with Crippen molar-refractivity contribution in [3.8, 4) is 11.8 Å². The highest BCUT2D eigenvalue weighted by Crippen LogP contribution is 2.31. The monoisotopic (exact) mass is 351 g/mol. The van der Waals surface area contributed by atoms with Crippen LogP contribution in [0.25, 0.3) is 16.6 Å². The first-order valence-electron chi connectivity index (χ1n) is 8.07. The molecule has 2 N–H and O–H groups in total. The molecule has 0 spiro atoms. The number of fused-ring (bicyclic) bond motifs is 1. The highest BCUT2D eigenvalue weighted by molar-refractivity contribution is 6.30. The van der Waals surface area contributed by atoms with Crippen LogP contribution in [0.4, 0.5) is 0 Å². The summed E-state index contributed by atoms with van der Waals surface area (Å²) in [6, 6.07) is 15.6. The van der Waals surface area contributed by atoms with Gasteiger partial charge >= 0.3 is 0 Å². The molecule has 3 rings (SSSR count). The Labute approximate surface area is 151 Å². The van der Waals surface area contributed by atoms with Crippen LogP contribution in [0.2, 0.25) is 5.02 Å². The van der Waals surface area contributed by atoms with Crippen molar-refractivity contribution < 1.29 is 4.79 Å². The quantitative estimate of drug-likeness (QED) is 0.700. The molecule has 0 radical (unpaired) electrons. The molecule has 0 amide bonds. The Morgan fingerprint density at radius 2 is 1.96 bits per heavy atom. The van der Waals surface area contributed by atoms with Gasteiger partial charge in [-0.15, -0.1) is 0 Å². The number of carbonyl (C=O) groups is 1. The molecule has 0 atom stereocenters. The first-order chi connectivity index (χ1) is 12.1. The number of Topliss-reactive ketones (excluding diaryl/α,β-unsaturated/α-hetero) is 1. The number of benzene rings is 2. The summed E-state index contributed by atoms with van der Waals surface area (Å²) < 4.78 is 2.05. The van der Waals surface area contributed by atoms with Gasteiger partial charge in [0.1, 0.15) is 0 Å². The number of ketones is 1. The molecule has 1 heterocycles. The molecule has 0 aliphatic rings. The van der Waals surface area contributed by atoms with Gasteiger partial charge in [0.2, 0.25) is 0 Å². The van der Waals surface area contributed by atoms with Gasteiger partial charge in [0, 0.05) is 33.8 Å². The number of rotatable bonds is 5. The van der Waals surface area contributed by atoms with E-state index in [0.717, 1.165) is 27.8 Å². The summed E-state index contributed by atoms with van der Waals surface area (Å²) in [5, 5.41) is 10.4. The van der Waals surface area contributed by atoms with Gasteiger partial charge in [-0.25, -0.2) is 0 Å². The molecule has 0 aliphatic heterocycles. The molecular formula is C20H18ClN3O. The fourth-order valence-corrected chi connectivity index (χ4v) is 3.32. The smallest absolute Gasteiger partial charge is 0.178 e. The van der Waals surface area contributed by atoms with Gasteiger partial charge in [-0.1, -0.05) is 23.7 Å². The number of carbonyl (C=O) groups excluding carboxylic acids is 1. The van der Waals surface area contributed by atoms with E-state index in [1.54, 1.807) is 0 Å². The summed E-state index contributed by atoms with van der Waals surface area (Å²) in [6.07, 6.45) is 1.14. The lowest BCUT2D eigenvalue weighted by molar-refractivity contribution is 0.100. The Balaban J connectivity index is 2.28. The largest absolute Gasteiger partial charge is 0.324 e. The number of nitrogens with zero attached hydrogens (tertiary/aromatic N) is 2. The summed E-state index contributed by atoms with van der Waals surface area (Å²) in [7, 11) is 0. The van der Waals surface area contributed by atoms with Crippen molar-refractivity contribution in [3.05, 3.63) is 64.3 Å². The highest BCUT2D eigenvalue weighted by Gasteiger charge is 2.20. The van der Waals surface area contributed by atoms with Gasteiger partial charge in [-0.3, -0.25) is 4.79 Å². The van der Waals surface area contributed by atoms with Crippen LogP contribution in [-0.4, -0.2) is 16.9 Å². The Hall–Kier alpha value is -2.61. The van der Waals surface area contributed by atoms with Crippen LogP contribution in [-0.2, 0) is 6.42 Å². The van der Waals surface area contributed by atoms with Crippen LogP contribution >= 0.6 is 11.6 Å². The average Bonchev–Trinajstić information content (AvgIpc) is 2.91. The topological polar surface area (TPSA) is 71.8 Å². The van der Waals surface area contributed by atoms with E-state index in [1.807, 2.05) is 54.0 Å². The van der Waals surface area contributed by atoms with Crippen LogP contribution in [0.5, 0.6) is 0 Å². The lowest BCUT2D eigenvalue weighted by atomic mass is 10.0. The summed E-state index contributed by atoms with van der Waals surface area (Å²) in [5.74, 6) is -0.0833. The van der Waals surface area contributed by atoms with E-state index in [-0.39, 0.29) is 12.3 Å². The third-order valence-corrected chi connectivity index (χ3v) is 4.60. The number of halogens is 1. The first-order valence-corrected chi connectivity index (χ1v) is 8.44. The molecule has 0 saturated carbocycles. The maximum atomic E-state index is 12.4. The fourth-order valence-electron chi connectivity index (χ4n) is 3.19. The predicted octanol–water partition coefficient (Wildman–Crippen LogP) is 4.19. The molecule has 0 unspecified atom stereocenters. The zero-order valence-corrected chi connectivity index (χ0v) is 14.7. The van der Waals surface area contributed by atoms with Crippen molar-refractivity contribution >= 4 is 28.3 Å². The summed E-state index contributed by atoms with van der Waals surface area (Å²) in [5.41, 5.74) is 10.1. The van der Waals surface area contributed by atoms with E-state index in [1.165, 1.54) is 0 Å². The lowest BCUT2D eigenvalue weighted by Crippen LogP contribution is -2.14. The van der Waals surface area contributed by atoms with Gasteiger partial charge in [0.05, 0.1) is 18.1 Å². The number of aryl methyl sites for hydroxylation is 1. The highest BCUT2D eigenvalue weighted by atomic mass is 35.5. The zero-order valence-electron chi connectivity index (χ0n) is 13.9. The zero-order chi connectivity index (χ0) is 18.0. The SMILES string of the molecule is Cc1c(C(=O)CN)c2ccc(CCC#N)cc2n1-c1ccc(Cl)cc1. The van der Waals surface area contributed by atoms with Crippen molar-refractivity contribution in [3.63, 3.8) is 0 Å². The molecule has 2 aromatic carbocycles. The molecular weight excluding hydrogens is 334 g/mol. The van der Waals surface area contributed by atoms with E-state index < -0.39 is 0 Å². The van der Waals surface area contributed by atoms with Crippen molar-refractivity contribution in [2.24, 2.45) is 5.73 Å². The van der Waals surface area contributed by atoms with E-state index >= 15 is 0 Å². The van der Waals surface area contributed by atoms with E-state index in [2.05, 4.69) is 6.07 Å². The summed E-state index contributed by atoms with van der Waals surface area (Å²) in [6.45, 7) is 1.89. The van der Waals surface area contributed by atoms with Crippen molar-refractivity contribution in [1.29, 1.82) is 5.26 Å². The normalized spacial score (nSPS) is 10.8. The van der Waals surface area contributed by atoms with Crippen LogP contribution in [0.1, 0.15) is 28.0 Å². The molecule has 0 saturated heterocycles. The van der Waals surface area contributed by atoms with Crippen LogP contribution in [0.3, 0.4) is 0 Å². The molecule has 0 bridgehead atoms. The second-order valence-electron chi connectivity index (χ2n) is 5.91. The van der Waals surface area contributed by atoms with Crippen molar-refractivity contribution in [2.45, 2.75) is 19.8 Å². The molecule has 3 aromatic rings. The second-order valence-corrected chi connectivity index (χ2v) is 6.35. The van der Waals surface area contributed by atoms with Crippen LogP contribution in [0, 0.1) is 18.3 Å². The minimum absolute atomic E-state index is 0.0310. The third-order valence-electron chi connectivity index (χ3n) is 4.34. The Bertz CT molecular complexity index is 981. The Kier molecular flexibility index (Phi) is 4.89. The molecule has 0 fully saturated rings. The maximum Gasteiger partial charge on any atom is 0.178 e. The maximum absolute atomic E-state index is 12.4. The number of nitrogens with two attached hydrogens (primary N) is 1. The molecule has 25 heavy (non-hydrogen) atoms. The van der Waals surface area contributed by atoms with Gasteiger partial charge in [-0.05, 0) is 49.2 Å². The minimum Gasteiger partial charge on any atom is -0.324 e. The van der Waals surface area contributed by atoms with Gasteiger partial charge in [0.25, 0.3) is 0 Å².